The highest BCUT2D eigenvalue weighted by Gasteiger charge is 2.01. The first-order valence-corrected chi connectivity index (χ1v) is 8.43. The van der Waals surface area contributed by atoms with Gasteiger partial charge in [0, 0.05) is 12.1 Å². The summed E-state index contributed by atoms with van der Waals surface area (Å²) in [6, 6.07) is 14.0. The van der Waals surface area contributed by atoms with Crippen molar-refractivity contribution in [3.05, 3.63) is 59.2 Å². The fraction of sp³-hybridized carbons (Fsp3) is 0.286. The molecule has 0 radical (unpaired) electrons. The molecule has 0 atom stereocenters. The van der Waals surface area contributed by atoms with Gasteiger partial charge in [-0.1, -0.05) is 43.3 Å². The van der Waals surface area contributed by atoms with Crippen LogP contribution in [0.5, 0.6) is 5.75 Å². The van der Waals surface area contributed by atoms with Crippen molar-refractivity contribution in [2.45, 2.75) is 33.6 Å². The summed E-state index contributed by atoms with van der Waals surface area (Å²) in [5.74, 6) is 0.984. The van der Waals surface area contributed by atoms with Crippen LogP contribution in [0, 0.1) is 6.92 Å². The van der Waals surface area contributed by atoms with Crippen molar-refractivity contribution in [2.75, 3.05) is 11.9 Å². The van der Waals surface area contributed by atoms with Gasteiger partial charge in [0.1, 0.15) is 5.75 Å². The van der Waals surface area contributed by atoms with E-state index in [1.807, 2.05) is 45.0 Å². The Bertz CT molecular complexity index is 702. The van der Waals surface area contributed by atoms with E-state index in [1.165, 1.54) is 0 Å². The van der Waals surface area contributed by atoms with Crippen molar-refractivity contribution in [2.24, 2.45) is 0 Å². The molecule has 3 nitrogen and oxygen atoms in total. The molecule has 0 bridgehead atoms. The molecule has 24 heavy (non-hydrogen) atoms. The number of carbonyl (C=O) groups excluding carboxylic acids is 1. The first-order chi connectivity index (χ1) is 11.6. The second-order valence-electron chi connectivity index (χ2n) is 5.71. The lowest BCUT2D eigenvalue weighted by molar-refractivity contribution is -0.116. The number of benzene rings is 2. The molecule has 0 aliphatic rings. The van der Waals surface area contributed by atoms with Crippen LogP contribution in [0.2, 0.25) is 0 Å². The molecule has 2 aromatic carbocycles. The molecule has 0 unspecified atom stereocenters. The fourth-order valence-electron chi connectivity index (χ4n) is 2.35. The molecule has 1 amide bonds. The monoisotopic (exact) mass is 323 g/mol. The van der Waals surface area contributed by atoms with Gasteiger partial charge in [0.05, 0.1) is 6.61 Å². The molecule has 0 saturated heterocycles. The van der Waals surface area contributed by atoms with Crippen LogP contribution in [-0.2, 0) is 4.79 Å². The minimum atomic E-state index is 0.0592. The molecule has 0 spiro atoms. The first-order valence-electron chi connectivity index (χ1n) is 8.43. The molecule has 2 aromatic rings. The van der Waals surface area contributed by atoms with E-state index in [9.17, 15) is 4.79 Å². The fourth-order valence-corrected chi connectivity index (χ4v) is 2.35. The van der Waals surface area contributed by atoms with Crippen molar-refractivity contribution in [1.82, 2.24) is 0 Å². The summed E-state index contributed by atoms with van der Waals surface area (Å²) in [5.41, 5.74) is 4.16. The minimum Gasteiger partial charge on any atom is -0.494 e. The molecular formula is C21H25NO2. The number of amides is 1. The van der Waals surface area contributed by atoms with E-state index in [0.717, 1.165) is 34.5 Å². The number of hydrogen-bond donors (Lipinski definition) is 1. The van der Waals surface area contributed by atoms with Gasteiger partial charge in [-0.3, -0.25) is 4.79 Å². The molecule has 0 aliphatic carbocycles. The second-order valence-corrected chi connectivity index (χ2v) is 5.71. The summed E-state index contributed by atoms with van der Waals surface area (Å²) in [7, 11) is 0. The van der Waals surface area contributed by atoms with Crippen molar-refractivity contribution in [3.8, 4) is 5.75 Å². The highest BCUT2D eigenvalue weighted by molar-refractivity contribution is 5.90. The van der Waals surface area contributed by atoms with Crippen LogP contribution in [0.1, 0.15) is 43.4 Å². The highest BCUT2D eigenvalue weighted by atomic mass is 16.5. The van der Waals surface area contributed by atoms with Crippen LogP contribution in [-0.4, -0.2) is 12.5 Å². The van der Waals surface area contributed by atoms with Gasteiger partial charge in [-0.2, -0.15) is 0 Å². The van der Waals surface area contributed by atoms with Crippen molar-refractivity contribution in [3.63, 3.8) is 0 Å². The zero-order valence-corrected chi connectivity index (χ0v) is 14.6. The van der Waals surface area contributed by atoms with Crippen LogP contribution in [0.25, 0.3) is 12.2 Å². The van der Waals surface area contributed by atoms with Gasteiger partial charge >= 0.3 is 0 Å². The largest absolute Gasteiger partial charge is 0.494 e. The van der Waals surface area contributed by atoms with Crippen LogP contribution >= 0.6 is 0 Å². The SMILES string of the molecule is CCCC(=O)Nc1ccc(/C=C/c2ccc(C)c(OCC)c2)cc1. The van der Waals surface area contributed by atoms with Crippen LogP contribution in [0.15, 0.2) is 42.5 Å². The Morgan fingerprint density at radius 2 is 1.71 bits per heavy atom. The summed E-state index contributed by atoms with van der Waals surface area (Å²) in [6.45, 7) is 6.70. The number of anilines is 1. The van der Waals surface area contributed by atoms with Gasteiger partial charge in [-0.05, 0) is 55.2 Å². The average molecular weight is 323 g/mol. The number of ether oxygens (including phenoxy) is 1. The third-order valence-electron chi connectivity index (χ3n) is 3.65. The maximum absolute atomic E-state index is 11.6. The Morgan fingerprint density at radius 1 is 1.04 bits per heavy atom. The predicted octanol–water partition coefficient (Wildman–Crippen LogP) is 5.30. The third-order valence-corrected chi connectivity index (χ3v) is 3.65. The summed E-state index contributed by atoms with van der Waals surface area (Å²) < 4.78 is 5.63. The summed E-state index contributed by atoms with van der Waals surface area (Å²) in [5, 5.41) is 2.89. The molecule has 3 heteroatoms. The van der Waals surface area contributed by atoms with Crippen molar-refractivity contribution < 1.29 is 9.53 Å². The van der Waals surface area contributed by atoms with Crippen molar-refractivity contribution in [1.29, 1.82) is 0 Å². The molecular weight excluding hydrogens is 298 g/mol. The maximum Gasteiger partial charge on any atom is 0.224 e. The number of nitrogens with one attached hydrogen (secondary N) is 1. The van der Waals surface area contributed by atoms with Gasteiger partial charge in [-0.15, -0.1) is 0 Å². The standard InChI is InChI=1S/C21H25NO2/c1-4-6-21(23)22-19-13-11-17(12-14-19)9-10-18-8-7-16(3)20(15-18)24-5-2/h7-15H,4-6H2,1-3H3,(H,22,23)/b10-9+. The summed E-state index contributed by atoms with van der Waals surface area (Å²) in [4.78, 5) is 11.6. The zero-order valence-electron chi connectivity index (χ0n) is 14.6. The number of aryl methyl sites for hydroxylation is 1. The van der Waals surface area contributed by atoms with Crippen molar-refractivity contribution >= 4 is 23.7 Å². The average Bonchev–Trinajstić information content (AvgIpc) is 2.57. The molecule has 126 valence electrons. The molecule has 0 aliphatic heterocycles. The predicted molar refractivity (Wildman–Crippen MR) is 101 cm³/mol. The Balaban J connectivity index is 2.04. The van der Waals surface area contributed by atoms with E-state index >= 15 is 0 Å². The Hall–Kier alpha value is -2.55. The molecule has 0 saturated carbocycles. The van der Waals surface area contributed by atoms with Gasteiger partial charge in [0.15, 0.2) is 0 Å². The van der Waals surface area contributed by atoms with Gasteiger partial charge in [-0.25, -0.2) is 0 Å². The minimum absolute atomic E-state index is 0.0592. The van der Waals surface area contributed by atoms with Gasteiger partial charge < -0.3 is 10.1 Å². The Labute approximate surface area is 144 Å². The molecule has 0 aromatic heterocycles. The Morgan fingerprint density at radius 3 is 2.38 bits per heavy atom. The first kappa shape index (κ1) is 17.8. The maximum atomic E-state index is 11.6. The van der Waals surface area contributed by atoms with E-state index in [0.29, 0.717) is 13.0 Å². The van der Waals surface area contributed by atoms with E-state index < -0.39 is 0 Å². The number of rotatable bonds is 7. The molecule has 2 rings (SSSR count). The van der Waals surface area contributed by atoms with Crippen LogP contribution < -0.4 is 10.1 Å². The van der Waals surface area contributed by atoms with Crippen LogP contribution in [0.3, 0.4) is 0 Å². The lowest BCUT2D eigenvalue weighted by atomic mass is 10.1. The quantitative estimate of drug-likeness (QED) is 0.702. The second kappa shape index (κ2) is 8.92. The molecule has 0 heterocycles. The Kier molecular flexibility index (Phi) is 6.62. The van der Waals surface area contributed by atoms with E-state index in [1.54, 1.807) is 0 Å². The summed E-state index contributed by atoms with van der Waals surface area (Å²) >= 11 is 0. The third kappa shape index (κ3) is 5.27. The lowest BCUT2D eigenvalue weighted by Crippen LogP contribution is -2.10. The van der Waals surface area contributed by atoms with Gasteiger partial charge in [0.2, 0.25) is 5.91 Å². The molecule has 1 N–H and O–H groups in total. The zero-order chi connectivity index (χ0) is 17.4. The van der Waals surface area contributed by atoms with Gasteiger partial charge in [0.25, 0.3) is 0 Å². The lowest BCUT2D eigenvalue weighted by Gasteiger charge is -2.07. The number of hydrogen-bond acceptors (Lipinski definition) is 2. The number of carbonyl (C=O) groups is 1. The molecule has 0 fully saturated rings. The highest BCUT2D eigenvalue weighted by Crippen LogP contribution is 2.21. The van der Waals surface area contributed by atoms with E-state index in [-0.39, 0.29) is 5.91 Å². The smallest absolute Gasteiger partial charge is 0.224 e. The van der Waals surface area contributed by atoms with E-state index in [4.69, 9.17) is 4.74 Å². The normalized spacial score (nSPS) is 10.8. The van der Waals surface area contributed by atoms with E-state index in [2.05, 4.69) is 35.7 Å². The topological polar surface area (TPSA) is 38.3 Å². The van der Waals surface area contributed by atoms with Crippen LogP contribution in [0.4, 0.5) is 5.69 Å². The summed E-state index contributed by atoms with van der Waals surface area (Å²) in [6.07, 6.45) is 5.52.